The van der Waals surface area contributed by atoms with Crippen LogP contribution < -0.4 is 10.5 Å². The Balaban J connectivity index is 2.16. The first kappa shape index (κ1) is 13.1. The number of ether oxygens (including phenoxy) is 1. The average molecular weight is 332 g/mol. The summed E-state index contributed by atoms with van der Waals surface area (Å²) in [7, 11) is 0. The zero-order valence-corrected chi connectivity index (χ0v) is 11.5. The highest BCUT2D eigenvalue weighted by Crippen LogP contribution is 2.31. The van der Waals surface area contributed by atoms with Crippen molar-refractivity contribution in [2.45, 2.75) is 6.61 Å². The Morgan fingerprint density at radius 2 is 2.22 bits per heavy atom. The van der Waals surface area contributed by atoms with Crippen molar-refractivity contribution < 1.29 is 9.13 Å². The smallest absolute Gasteiger partial charge is 0.145 e. The Morgan fingerprint density at radius 3 is 2.94 bits per heavy atom. The maximum absolute atomic E-state index is 13.3. The van der Waals surface area contributed by atoms with E-state index in [1.54, 1.807) is 18.3 Å². The topological polar surface area (TPSA) is 48.1 Å². The molecule has 6 heteroatoms. The summed E-state index contributed by atoms with van der Waals surface area (Å²) in [6.45, 7) is 0.208. The average Bonchev–Trinajstić information content (AvgIpc) is 2.34. The zero-order valence-electron chi connectivity index (χ0n) is 9.16. The molecule has 0 bridgehead atoms. The molecule has 94 valence electrons. The lowest BCUT2D eigenvalue weighted by Gasteiger charge is -2.10. The summed E-state index contributed by atoms with van der Waals surface area (Å²) in [5, 5.41) is 0.0371. The lowest BCUT2D eigenvalue weighted by atomic mass is 10.3. The number of hydrogen-bond acceptors (Lipinski definition) is 3. The number of benzene rings is 1. The van der Waals surface area contributed by atoms with Crippen LogP contribution in [0.25, 0.3) is 0 Å². The van der Waals surface area contributed by atoms with E-state index in [0.29, 0.717) is 16.0 Å². The Bertz CT molecular complexity index is 580. The van der Waals surface area contributed by atoms with Crippen molar-refractivity contribution in [3.05, 3.63) is 51.3 Å². The van der Waals surface area contributed by atoms with Gasteiger partial charge in [0.25, 0.3) is 0 Å². The van der Waals surface area contributed by atoms with Gasteiger partial charge in [0, 0.05) is 17.8 Å². The summed E-state index contributed by atoms with van der Waals surface area (Å²) in [5.41, 5.74) is 6.41. The van der Waals surface area contributed by atoms with Crippen LogP contribution in [0.4, 0.5) is 10.2 Å². The molecule has 2 rings (SSSR count). The summed E-state index contributed by atoms with van der Waals surface area (Å²) >= 11 is 8.89. The monoisotopic (exact) mass is 330 g/mol. The number of hydrogen-bond donors (Lipinski definition) is 1. The Kier molecular flexibility index (Phi) is 4.04. The third-order valence-electron chi connectivity index (χ3n) is 2.28. The number of anilines is 1. The molecular formula is C12H9BrClFN2O. The molecule has 0 saturated heterocycles. The van der Waals surface area contributed by atoms with Crippen LogP contribution in [-0.4, -0.2) is 4.98 Å². The Morgan fingerprint density at radius 1 is 1.44 bits per heavy atom. The highest BCUT2D eigenvalue weighted by molar-refractivity contribution is 9.10. The van der Waals surface area contributed by atoms with E-state index in [-0.39, 0.29) is 11.6 Å². The first-order valence-corrected chi connectivity index (χ1v) is 6.21. The molecule has 0 saturated carbocycles. The van der Waals surface area contributed by atoms with Crippen LogP contribution in [-0.2, 0) is 6.61 Å². The molecule has 18 heavy (non-hydrogen) atoms. The van der Waals surface area contributed by atoms with Gasteiger partial charge in [0.2, 0.25) is 0 Å². The van der Waals surface area contributed by atoms with Gasteiger partial charge in [-0.1, -0.05) is 17.7 Å². The number of pyridine rings is 1. The molecule has 2 N–H and O–H groups in total. The van der Waals surface area contributed by atoms with E-state index in [4.69, 9.17) is 22.1 Å². The van der Waals surface area contributed by atoms with Gasteiger partial charge in [-0.05, 0) is 28.1 Å². The van der Waals surface area contributed by atoms with Crippen molar-refractivity contribution in [2.24, 2.45) is 0 Å². The van der Waals surface area contributed by atoms with Crippen molar-refractivity contribution in [2.75, 3.05) is 5.73 Å². The van der Waals surface area contributed by atoms with Crippen molar-refractivity contribution in [1.82, 2.24) is 4.98 Å². The summed E-state index contributed by atoms with van der Waals surface area (Å²) in [4.78, 5) is 3.94. The van der Waals surface area contributed by atoms with Gasteiger partial charge in [0.15, 0.2) is 0 Å². The number of nitrogens with two attached hydrogens (primary N) is 1. The lowest BCUT2D eigenvalue weighted by molar-refractivity contribution is 0.303. The van der Waals surface area contributed by atoms with Gasteiger partial charge in [-0.15, -0.1) is 0 Å². The predicted molar refractivity (Wildman–Crippen MR) is 72.1 cm³/mol. The fourth-order valence-electron chi connectivity index (χ4n) is 1.34. The molecular weight excluding hydrogens is 322 g/mol. The minimum atomic E-state index is -0.533. The molecule has 0 aliphatic heterocycles. The predicted octanol–water partition coefficient (Wildman–Crippen LogP) is 3.80. The summed E-state index contributed by atoms with van der Waals surface area (Å²) in [6.07, 6.45) is 1.59. The van der Waals surface area contributed by atoms with Crippen molar-refractivity contribution in [1.29, 1.82) is 0 Å². The number of nitrogen functional groups attached to an aromatic ring is 1. The SMILES string of the molecule is Nc1ncccc1COc1cc(F)c(Cl)cc1Br. The maximum atomic E-state index is 13.3. The molecule has 0 aliphatic rings. The minimum absolute atomic E-state index is 0.0371. The lowest BCUT2D eigenvalue weighted by Crippen LogP contribution is -2.02. The van der Waals surface area contributed by atoms with Crippen LogP contribution in [0.3, 0.4) is 0 Å². The van der Waals surface area contributed by atoms with Gasteiger partial charge in [-0.25, -0.2) is 9.37 Å². The second-order valence-corrected chi connectivity index (χ2v) is 4.79. The van der Waals surface area contributed by atoms with E-state index in [9.17, 15) is 4.39 Å². The van der Waals surface area contributed by atoms with Crippen LogP contribution in [0.2, 0.25) is 5.02 Å². The first-order valence-electron chi connectivity index (χ1n) is 5.04. The standard InChI is InChI=1S/C12H9BrClFN2O/c13-8-4-9(14)10(15)5-11(8)18-6-7-2-1-3-17-12(7)16/h1-5H,6H2,(H2,16,17). The van der Waals surface area contributed by atoms with E-state index < -0.39 is 5.82 Å². The minimum Gasteiger partial charge on any atom is -0.487 e. The molecule has 3 nitrogen and oxygen atoms in total. The van der Waals surface area contributed by atoms with Crippen LogP contribution in [0.15, 0.2) is 34.9 Å². The van der Waals surface area contributed by atoms with Crippen molar-refractivity contribution in [3.63, 3.8) is 0 Å². The molecule has 0 fully saturated rings. The third-order valence-corrected chi connectivity index (χ3v) is 3.19. The summed E-state index contributed by atoms with van der Waals surface area (Å²) in [5.74, 6) is 0.220. The molecule has 1 aromatic heterocycles. The molecule has 2 aromatic rings. The molecule has 0 radical (unpaired) electrons. The number of nitrogens with zero attached hydrogens (tertiary/aromatic N) is 1. The number of halogens is 3. The highest BCUT2D eigenvalue weighted by atomic mass is 79.9. The molecule has 0 spiro atoms. The fraction of sp³-hybridized carbons (Fsp3) is 0.0833. The number of rotatable bonds is 3. The van der Waals surface area contributed by atoms with E-state index in [1.165, 1.54) is 12.1 Å². The van der Waals surface area contributed by atoms with Gasteiger partial charge in [0.05, 0.1) is 9.50 Å². The first-order chi connectivity index (χ1) is 8.58. The molecule has 0 atom stereocenters. The van der Waals surface area contributed by atoms with E-state index >= 15 is 0 Å². The van der Waals surface area contributed by atoms with E-state index in [2.05, 4.69) is 20.9 Å². The molecule has 0 aliphatic carbocycles. The summed E-state index contributed by atoms with van der Waals surface area (Å²) in [6, 6.07) is 6.22. The quantitative estimate of drug-likeness (QED) is 0.870. The van der Waals surface area contributed by atoms with E-state index in [1.807, 2.05) is 0 Å². The van der Waals surface area contributed by atoms with E-state index in [0.717, 1.165) is 5.56 Å². The Hall–Kier alpha value is -1.33. The van der Waals surface area contributed by atoms with Gasteiger partial charge >= 0.3 is 0 Å². The molecule has 0 amide bonds. The Labute approximate surface area is 117 Å². The van der Waals surface area contributed by atoms with Crippen LogP contribution in [0.1, 0.15) is 5.56 Å². The molecule has 1 aromatic carbocycles. The second-order valence-electron chi connectivity index (χ2n) is 3.53. The van der Waals surface area contributed by atoms with Crippen LogP contribution >= 0.6 is 27.5 Å². The summed E-state index contributed by atoms with van der Waals surface area (Å²) < 4.78 is 19.3. The zero-order chi connectivity index (χ0) is 13.1. The molecule has 1 heterocycles. The normalized spacial score (nSPS) is 10.4. The van der Waals surface area contributed by atoms with Gasteiger partial charge in [-0.2, -0.15) is 0 Å². The van der Waals surface area contributed by atoms with Crippen molar-refractivity contribution >= 4 is 33.3 Å². The largest absolute Gasteiger partial charge is 0.487 e. The van der Waals surface area contributed by atoms with Gasteiger partial charge < -0.3 is 10.5 Å². The van der Waals surface area contributed by atoms with Gasteiger partial charge in [-0.3, -0.25) is 0 Å². The highest BCUT2D eigenvalue weighted by Gasteiger charge is 2.09. The van der Waals surface area contributed by atoms with Crippen LogP contribution in [0, 0.1) is 5.82 Å². The fourth-order valence-corrected chi connectivity index (χ4v) is 2.10. The van der Waals surface area contributed by atoms with Gasteiger partial charge in [0.1, 0.15) is 24.0 Å². The van der Waals surface area contributed by atoms with Crippen molar-refractivity contribution in [3.8, 4) is 5.75 Å². The molecule has 0 unspecified atom stereocenters. The third kappa shape index (κ3) is 2.91. The maximum Gasteiger partial charge on any atom is 0.145 e. The number of aromatic nitrogens is 1. The second kappa shape index (κ2) is 5.54. The van der Waals surface area contributed by atoms with Crippen LogP contribution in [0.5, 0.6) is 5.75 Å².